The molecule has 0 radical (unpaired) electrons. The molecule has 0 saturated carbocycles. The number of urea groups is 1. The van der Waals surface area contributed by atoms with E-state index in [0.29, 0.717) is 39.3 Å². The first-order valence-corrected chi connectivity index (χ1v) is 23.1. The third-order valence-corrected chi connectivity index (χ3v) is 11.5. The summed E-state index contributed by atoms with van der Waals surface area (Å²) in [6, 6.07) is 11.9. The summed E-state index contributed by atoms with van der Waals surface area (Å²) in [7, 11) is 1.42. The van der Waals surface area contributed by atoms with E-state index in [1.54, 1.807) is 42.5 Å². The van der Waals surface area contributed by atoms with E-state index in [0.717, 1.165) is 30.4 Å². The Morgan fingerprint density at radius 2 is 1.54 bits per heavy atom. The number of rotatable bonds is 23. The number of ether oxygens (including phenoxy) is 2. The number of hydrogen-bond acceptors (Lipinski definition) is 11. The van der Waals surface area contributed by atoms with Gasteiger partial charge in [0.2, 0.25) is 23.6 Å². The first kappa shape index (κ1) is 52.9. The van der Waals surface area contributed by atoms with E-state index < -0.39 is 59.7 Å². The Bertz CT molecular complexity index is 2230. The normalized spacial score (nSPS) is 16.2. The van der Waals surface area contributed by atoms with Gasteiger partial charge in [0.15, 0.2) is 0 Å². The molecule has 4 bridgehead atoms. The largest absolute Gasteiger partial charge is 0.492 e. The molecule has 0 fully saturated rings. The third kappa shape index (κ3) is 15.7. The van der Waals surface area contributed by atoms with E-state index in [2.05, 4.69) is 33.5 Å². The van der Waals surface area contributed by atoms with Crippen molar-refractivity contribution in [2.45, 2.75) is 109 Å². The fourth-order valence-electron chi connectivity index (χ4n) is 7.96. The molecule has 1 heterocycles. The summed E-state index contributed by atoms with van der Waals surface area (Å²) < 4.78 is 12.2. The van der Waals surface area contributed by atoms with Gasteiger partial charge in [0.05, 0.1) is 6.07 Å². The number of nitrogens with one attached hydrogen (secondary N) is 5. The van der Waals surface area contributed by atoms with Crippen molar-refractivity contribution in [1.82, 2.24) is 31.5 Å². The van der Waals surface area contributed by atoms with Gasteiger partial charge in [-0.25, -0.2) is 4.79 Å². The smallest absolute Gasteiger partial charge is 0.312 e. The number of unbranched alkanes of at least 4 members (excludes halogenated alkanes) is 5. The van der Waals surface area contributed by atoms with Crippen molar-refractivity contribution < 1.29 is 38.2 Å². The van der Waals surface area contributed by atoms with Crippen LogP contribution in [0.3, 0.4) is 0 Å². The molecule has 0 aliphatic carbocycles. The first-order chi connectivity index (χ1) is 32.2. The lowest BCUT2D eigenvalue weighted by Gasteiger charge is -2.33. The molecule has 1 aliphatic rings. The first-order valence-electron chi connectivity index (χ1n) is 23.1. The zero-order chi connectivity index (χ0) is 48.9. The van der Waals surface area contributed by atoms with Crippen molar-refractivity contribution in [2.24, 2.45) is 17.2 Å². The van der Waals surface area contributed by atoms with Crippen LogP contribution in [-0.4, -0.2) is 105 Å². The molecule has 1 aliphatic heterocycles. The lowest BCUT2D eigenvalue weighted by Crippen LogP contribution is -2.56. The maximum Gasteiger partial charge on any atom is 0.312 e. The van der Waals surface area contributed by atoms with E-state index in [-0.39, 0.29) is 58.7 Å². The fraction of sp³-hybridized carbons (Fsp3) is 0.490. The minimum Gasteiger partial charge on any atom is -0.492 e. The molecule has 0 spiro atoms. The minimum absolute atomic E-state index is 0.00266. The van der Waals surface area contributed by atoms with Crippen LogP contribution in [0.5, 0.6) is 11.5 Å². The molecule has 11 N–H and O–H groups in total. The van der Waals surface area contributed by atoms with Gasteiger partial charge in [-0.3, -0.25) is 24.0 Å². The van der Waals surface area contributed by atoms with Crippen LogP contribution in [0.25, 0.3) is 11.1 Å². The lowest BCUT2D eigenvalue weighted by molar-refractivity contribution is -0.141. The Kier molecular flexibility index (Phi) is 21.4. The van der Waals surface area contributed by atoms with Crippen LogP contribution in [-0.2, 0) is 32.0 Å². The highest BCUT2D eigenvalue weighted by molar-refractivity contribution is 6.00. The number of fused-ring (bicyclic) bond motifs is 5. The quantitative estimate of drug-likeness (QED) is 0.0505. The molecule has 18 nitrogen and oxygen atoms in total. The van der Waals surface area contributed by atoms with Crippen molar-refractivity contribution in [3.8, 4) is 28.7 Å². The molecule has 0 aromatic heterocycles. The Hall–Kier alpha value is -6.71. The van der Waals surface area contributed by atoms with E-state index in [1.165, 1.54) is 44.6 Å². The van der Waals surface area contributed by atoms with Gasteiger partial charge >= 0.3 is 6.03 Å². The predicted molar refractivity (Wildman–Crippen MR) is 255 cm³/mol. The molecule has 3 aromatic rings. The Morgan fingerprint density at radius 3 is 2.19 bits per heavy atom. The average Bonchev–Trinajstić information content (AvgIpc) is 3.30. The van der Waals surface area contributed by atoms with E-state index in [1.807, 2.05) is 25.1 Å². The summed E-state index contributed by atoms with van der Waals surface area (Å²) in [5.41, 5.74) is 21.1. The molecular weight excluding hydrogens is 857 g/mol. The van der Waals surface area contributed by atoms with Gasteiger partial charge in [-0.15, -0.1) is 0 Å². The van der Waals surface area contributed by atoms with Crippen molar-refractivity contribution in [2.75, 3.05) is 46.4 Å². The molecule has 67 heavy (non-hydrogen) atoms. The number of hydrogen-bond donors (Lipinski definition) is 8. The van der Waals surface area contributed by atoms with E-state index >= 15 is 0 Å². The minimum atomic E-state index is -1.41. The number of carbonyl (C=O) groups is 6. The maximum absolute atomic E-state index is 14.9. The third-order valence-electron chi connectivity index (χ3n) is 11.5. The predicted octanol–water partition coefficient (Wildman–Crippen LogP) is 3.17. The van der Waals surface area contributed by atoms with Crippen molar-refractivity contribution in [3.05, 3.63) is 82.4 Å². The molecule has 4 rings (SSSR count). The van der Waals surface area contributed by atoms with Crippen LogP contribution in [0, 0.1) is 18.3 Å². The summed E-state index contributed by atoms with van der Waals surface area (Å²) in [4.78, 5) is 83.5. The molecule has 3 aromatic carbocycles. The van der Waals surface area contributed by atoms with Crippen LogP contribution >= 0.6 is 0 Å². The van der Waals surface area contributed by atoms with Gasteiger partial charge < -0.3 is 58.2 Å². The monoisotopic (exact) mass is 925 g/mol. The van der Waals surface area contributed by atoms with Gasteiger partial charge in [0.25, 0.3) is 5.91 Å². The van der Waals surface area contributed by atoms with Gasteiger partial charge in [0.1, 0.15) is 55.4 Å². The maximum atomic E-state index is 14.9. The fourth-order valence-corrected chi connectivity index (χ4v) is 7.96. The SMILES string of the molecule is CCCCCCCCc1ccc(C(=O)NC(CCCNC(N)=O)C(=O)N(C)[C@@H]2C(=O)N[C@@H](C)C(=O)N[C@H](C(=O)NCC#N)Cc3ccc(OCCN)c(c3)-c3cc2ccc3OCCN)c(C)c1. The Labute approximate surface area is 393 Å². The number of nitrogens with two attached hydrogens (primary N) is 3. The van der Waals surface area contributed by atoms with Gasteiger partial charge in [-0.2, -0.15) is 5.26 Å². The van der Waals surface area contributed by atoms with Gasteiger partial charge in [-0.1, -0.05) is 63.3 Å². The van der Waals surface area contributed by atoms with Crippen LogP contribution in [0.15, 0.2) is 54.6 Å². The molecule has 362 valence electrons. The summed E-state index contributed by atoms with van der Waals surface area (Å²) in [6.45, 7) is 5.93. The zero-order valence-corrected chi connectivity index (χ0v) is 39.2. The number of likely N-dealkylation sites (N-methyl/N-ethyl adjacent to an activating group) is 1. The zero-order valence-electron chi connectivity index (χ0n) is 39.2. The lowest BCUT2D eigenvalue weighted by atomic mass is 9.93. The van der Waals surface area contributed by atoms with Gasteiger partial charge in [0, 0.05) is 49.8 Å². The molecule has 18 heteroatoms. The van der Waals surface area contributed by atoms with Crippen molar-refractivity contribution in [1.29, 1.82) is 5.26 Å². The Morgan fingerprint density at radius 1 is 0.866 bits per heavy atom. The number of nitriles is 1. The standard InChI is InChI=1S/C49H68N10O8/c1-5-6-7-8-9-10-12-33-14-17-36(31(2)27-33)45(61)57-39(13-11-23-55-49(53)65)48(64)59(4)43-35-16-19-42(67-26-22-52)38(30-35)37-28-34(15-18-41(37)66-25-21-51)29-40(46(62)54-24-20-50)58-44(60)32(3)56-47(43)63/h14-19,27-28,30,32,39-40,43H,5-13,21-26,29,51-52H2,1-4H3,(H,54,62)(H,56,63)(H,57,61)(H,58,60)(H3,53,55,65)/t32-,39?,40-,43-/m0/s1. The number of nitrogens with zero attached hydrogens (tertiary/aromatic N) is 2. The van der Waals surface area contributed by atoms with Gasteiger partial charge in [-0.05, 0) is 92.1 Å². The highest BCUT2D eigenvalue weighted by atomic mass is 16.5. The highest BCUT2D eigenvalue weighted by Crippen LogP contribution is 2.40. The van der Waals surface area contributed by atoms with Crippen LogP contribution < -0.4 is 53.3 Å². The van der Waals surface area contributed by atoms with E-state index in [4.69, 9.17) is 26.7 Å². The highest BCUT2D eigenvalue weighted by Gasteiger charge is 2.36. The summed E-state index contributed by atoms with van der Waals surface area (Å²) in [5, 5.41) is 22.5. The van der Waals surface area contributed by atoms with Crippen LogP contribution in [0.1, 0.15) is 104 Å². The molecule has 0 saturated heterocycles. The number of primary amides is 1. The molecular formula is C49H68N10O8. The summed E-state index contributed by atoms with van der Waals surface area (Å²) in [6.07, 6.45) is 8.15. The number of aryl methyl sites for hydroxylation is 2. The summed E-state index contributed by atoms with van der Waals surface area (Å²) >= 11 is 0. The molecule has 7 amide bonds. The number of benzene rings is 3. The number of amides is 7. The van der Waals surface area contributed by atoms with Crippen LogP contribution in [0.2, 0.25) is 0 Å². The van der Waals surface area contributed by atoms with Crippen molar-refractivity contribution in [3.63, 3.8) is 0 Å². The molecule has 1 unspecified atom stereocenters. The summed E-state index contributed by atoms with van der Waals surface area (Å²) in [5.74, 6) is -2.46. The number of carbonyl (C=O) groups excluding carboxylic acids is 6. The average molecular weight is 925 g/mol. The second-order valence-corrected chi connectivity index (χ2v) is 16.7. The topological polar surface area (TPSA) is 286 Å². The second kappa shape index (κ2) is 27.1. The van der Waals surface area contributed by atoms with Crippen molar-refractivity contribution >= 4 is 35.6 Å². The molecule has 4 atom stereocenters. The van der Waals surface area contributed by atoms with Crippen LogP contribution in [0.4, 0.5) is 4.79 Å². The second-order valence-electron chi connectivity index (χ2n) is 16.7. The van der Waals surface area contributed by atoms with E-state index in [9.17, 15) is 34.0 Å². The Balaban J connectivity index is 1.80.